The van der Waals surface area contributed by atoms with Crippen LogP contribution in [0.2, 0.25) is 0 Å². The van der Waals surface area contributed by atoms with Gasteiger partial charge in [-0.25, -0.2) is 4.79 Å². The number of amides is 2. The molecule has 0 radical (unpaired) electrons. The first kappa shape index (κ1) is 16.3. The zero-order valence-electron chi connectivity index (χ0n) is 13.8. The van der Waals surface area contributed by atoms with Crippen LogP contribution >= 0.6 is 0 Å². The van der Waals surface area contributed by atoms with E-state index in [1.54, 1.807) is 0 Å². The van der Waals surface area contributed by atoms with Gasteiger partial charge in [-0.3, -0.25) is 0 Å². The van der Waals surface area contributed by atoms with Crippen molar-refractivity contribution in [3.63, 3.8) is 0 Å². The Morgan fingerprint density at radius 3 is 2.78 bits per heavy atom. The number of aliphatic hydroxyl groups excluding tert-OH is 1. The van der Waals surface area contributed by atoms with E-state index < -0.39 is 0 Å². The first-order valence-electron chi connectivity index (χ1n) is 8.95. The number of nitrogens with zero attached hydrogens (tertiary/aromatic N) is 1. The van der Waals surface area contributed by atoms with Crippen molar-refractivity contribution >= 4 is 6.03 Å². The minimum atomic E-state index is 0.0634. The van der Waals surface area contributed by atoms with E-state index in [-0.39, 0.29) is 18.6 Å². The lowest BCUT2D eigenvalue weighted by atomic mass is 9.98. The van der Waals surface area contributed by atoms with Crippen molar-refractivity contribution < 1.29 is 9.90 Å². The van der Waals surface area contributed by atoms with E-state index >= 15 is 0 Å². The zero-order chi connectivity index (χ0) is 16.1. The molecule has 1 aromatic rings. The van der Waals surface area contributed by atoms with Gasteiger partial charge in [-0.15, -0.1) is 0 Å². The number of carbonyl (C=O) groups is 1. The number of hydrogen-bond acceptors (Lipinski definition) is 2. The van der Waals surface area contributed by atoms with Crippen LogP contribution in [0.1, 0.15) is 37.7 Å². The van der Waals surface area contributed by atoms with Crippen molar-refractivity contribution in [1.82, 2.24) is 10.2 Å². The smallest absolute Gasteiger partial charge is 0.317 e. The summed E-state index contributed by atoms with van der Waals surface area (Å²) in [6.45, 7) is 1.71. The lowest BCUT2D eigenvalue weighted by Crippen LogP contribution is -2.48. The van der Waals surface area contributed by atoms with Crippen molar-refractivity contribution in [2.24, 2.45) is 11.8 Å². The van der Waals surface area contributed by atoms with E-state index in [1.165, 1.54) is 12.0 Å². The first-order chi connectivity index (χ1) is 11.2. The van der Waals surface area contributed by atoms with Gasteiger partial charge in [0.05, 0.1) is 0 Å². The number of nitrogens with one attached hydrogen (secondary N) is 1. The average Bonchev–Trinajstić information content (AvgIpc) is 3.02. The molecule has 23 heavy (non-hydrogen) atoms. The largest absolute Gasteiger partial charge is 0.396 e. The number of likely N-dealkylation sites (tertiary alicyclic amines) is 1. The molecule has 1 saturated heterocycles. The third-order valence-electron chi connectivity index (χ3n) is 5.30. The highest BCUT2D eigenvalue weighted by Crippen LogP contribution is 2.29. The molecule has 4 nitrogen and oxygen atoms in total. The van der Waals surface area contributed by atoms with Gasteiger partial charge < -0.3 is 15.3 Å². The third kappa shape index (κ3) is 4.47. The fourth-order valence-electron chi connectivity index (χ4n) is 4.00. The minimum Gasteiger partial charge on any atom is -0.396 e. The molecule has 1 heterocycles. The molecule has 3 rings (SSSR count). The van der Waals surface area contributed by atoms with Crippen molar-refractivity contribution in [1.29, 1.82) is 0 Å². The third-order valence-corrected chi connectivity index (χ3v) is 5.30. The zero-order valence-corrected chi connectivity index (χ0v) is 13.8. The summed E-state index contributed by atoms with van der Waals surface area (Å²) in [6.07, 6.45) is 6.50. The number of carbonyl (C=O) groups excluding carboxylic acids is 1. The molecule has 1 aromatic carbocycles. The molecule has 0 spiro atoms. The van der Waals surface area contributed by atoms with Crippen LogP contribution in [-0.2, 0) is 6.42 Å². The second-order valence-electron chi connectivity index (χ2n) is 7.15. The molecule has 2 amide bonds. The Morgan fingerprint density at radius 1 is 1.17 bits per heavy atom. The average molecular weight is 316 g/mol. The van der Waals surface area contributed by atoms with Gasteiger partial charge in [-0.05, 0) is 55.9 Å². The quantitative estimate of drug-likeness (QED) is 0.897. The van der Waals surface area contributed by atoms with E-state index in [4.69, 9.17) is 0 Å². The summed E-state index contributed by atoms with van der Waals surface area (Å²) < 4.78 is 0. The summed E-state index contributed by atoms with van der Waals surface area (Å²) in [5, 5.41) is 12.5. The molecule has 3 atom stereocenters. The molecular formula is C19H28N2O2. The maximum Gasteiger partial charge on any atom is 0.317 e. The van der Waals surface area contributed by atoms with Gasteiger partial charge in [0, 0.05) is 25.7 Å². The Hall–Kier alpha value is -1.55. The van der Waals surface area contributed by atoms with Gasteiger partial charge >= 0.3 is 6.03 Å². The predicted molar refractivity (Wildman–Crippen MR) is 91.2 cm³/mol. The van der Waals surface area contributed by atoms with Gasteiger partial charge in [0.15, 0.2) is 0 Å². The van der Waals surface area contributed by atoms with Crippen LogP contribution < -0.4 is 5.32 Å². The van der Waals surface area contributed by atoms with E-state index in [9.17, 15) is 9.90 Å². The van der Waals surface area contributed by atoms with E-state index in [0.717, 1.165) is 38.6 Å². The first-order valence-corrected chi connectivity index (χ1v) is 8.95. The Labute approximate surface area is 138 Å². The number of hydrogen-bond donors (Lipinski definition) is 2. The number of urea groups is 1. The summed E-state index contributed by atoms with van der Waals surface area (Å²) in [6, 6.07) is 11.0. The second kappa shape index (κ2) is 7.82. The highest BCUT2D eigenvalue weighted by molar-refractivity contribution is 5.74. The normalized spacial score (nSPS) is 27.9. The molecule has 4 heteroatoms. The summed E-state index contributed by atoms with van der Waals surface area (Å²) >= 11 is 0. The van der Waals surface area contributed by atoms with E-state index in [0.29, 0.717) is 18.5 Å². The van der Waals surface area contributed by atoms with Gasteiger partial charge in [-0.2, -0.15) is 0 Å². The molecular weight excluding hydrogens is 288 g/mol. The Morgan fingerprint density at radius 2 is 2.00 bits per heavy atom. The number of rotatable bonds is 4. The Balaban J connectivity index is 1.45. The molecule has 2 fully saturated rings. The molecule has 1 saturated carbocycles. The van der Waals surface area contributed by atoms with E-state index in [2.05, 4.69) is 35.6 Å². The lowest BCUT2D eigenvalue weighted by Gasteiger charge is -2.32. The second-order valence-corrected chi connectivity index (χ2v) is 7.15. The van der Waals surface area contributed by atoms with Crippen molar-refractivity contribution in [2.45, 2.75) is 44.6 Å². The molecule has 1 aliphatic heterocycles. The predicted octanol–water partition coefficient (Wildman–Crippen LogP) is 2.81. The van der Waals surface area contributed by atoms with Gasteiger partial charge in [-0.1, -0.05) is 30.3 Å². The summed E-state index contributed by atoms with van der Waals surface area (Å²) in [7, 11) is 0. The molecule has 2 N–H and O–H groups in total. The highest BCUT2D eigenvalue weighted by atomic mass is 16.3. The van der Waals surface area contributed by atoms with Crippen molar-refractivity contribution in [3.8, 4) is 0 Å². The SMILES string of the molecule is O=C(N[C@@H]1CC[C@@H](Cc2ccccc2)C1)N1CCC[C@H](CO)C1. The van der Waals surface area contributed by atoms with Gasteiger partial charge in [0.2, 0.25) is 0 Å². The molecule has 1 aliphatic carbocycles. The van der Waals surface area contributed by atoms with Crippen molar-refractivity contribution in [2.75, 3.05) is 19.7 Å². The summed E-state index contributed by atoms with van der Waals surface area (Å²) in [5.41, 5.74) is 1.39. The molecule has 0 bridgehead atoms. The molecule has 2 aliphatic rings. The van der Waals surface area contributed by atoms with Crippen LogP contribution in [0.5, 0.6) is 0 Å². The minimum absolute atomic E-state index is 0.0634. The maximum absolute atomic E-state index is 12.4. The fraction of sp³-hybridized carbons (Fsp3) is 0.632. The van der Waals surface area contributed by atoms with Crippen LogP contribution in [0.4, 0.5) is 4.79 Å². The van der Waals surface area contributed by atoms with Crippen LogP contribution in [0.25, 0.3) is 0 Å². The Kier molecular flexibility index (Phi) is 5.55. The van der Waals surface area contributed by atoms with Crippen LogP contribution in [-0.4, -0.2) is 41.8 Å². The topological polar surface area (TPSA) is 52.6 Å². The van der Waals surface area contributed by atoms with Crippen LogP contribution in [0, 0.1) is 11.8 Å². The van der Waals surface area contributed by atoms with E-state index in [1.807, 2.05) is 4.90 Å². The van der Waals surface area contributed by atoms with Crippen molar-refractivity contribution in [3.05, 3.63) is 35.9 Å². The van der Waals surface area contributed by atoms with Gasteiger partial charge in [0.1, 0.15) is 0 Å². The standard InChI is InChI=1S/C19H28N2O2/c22-14-17-7-4-10-21(13-17)19(23)20-18-9-8-16(12-18)11-15-5-2-1-3-6-15/h1-3,5-6,16-18,22H,4,7-14H2,(H,20,23)/t16-,17-,18+/m0/s1. The summed E-state index contributed by atoms with van der Waals surface area (Å²) in [4.78, 5) is 14.3. The lowest BCUT2D eigenvalue weighted by molar-refractivity contribution is 0.128. The number of benzene rings is 1. The molecule has 0 aromatic heterocycles. The Bertz CT molecular complexity index is 505. The number of aliphatic hydroxyl groups is 1. The summed E-state index contributed by atoms with van der Waals surface area (Å²) in [5.74, 6) is 0.929. The molecule has 0 unspecified atom stereocenters. The van der Waals surface area contributed by atoms with Crippen LogP contribution in [0.3, 0.4) is 0 Å². The monoisotopic (exact) mass is 316 g/mol. The van der Waals surface area contributed by atoms with Gasteiger partial charge in [0.25, 0.3) is 0 Å². The number of piperidine rings is 1. The highest BCUT2D eigenvalue weighted by Gasteiger charge is 2.29. The van der Waals surface area contributed by atoms with Crippen LogP contribution in [0.15, 0.2) is 30.3 Å². The molecule has 126 valence electrons. The maximum atomic E-state index is 12.4. The fourth-order valence-corrected chi connectivity index (χ4v) is 4.00.